The minimum Gasteiger partial charge on any atom is -0.493 e. The van der Waals surface area contributed by atoms with Crippen LogP contribution in [0.3, 0.4) is 0 Å². The number of methoxy groups -OCH3 is 2. The largest absolute Gasteiger partial charge is 0.493 e. The third-order valence-corrected chi connectivity index (χ3v) is 4.17. The van der Waals surface area contributed by atoms with E-state index in [9.17, 15) is 0 Å². The zero-order valence-corrected chi connectivity index (χ0v) is 13.7. The van der Waals surface area contributed by atoms with Gasteiger partial charge in [-0.3, -0.25) is 0 Å². The lowest BCUT2D eigenvalue weighted by Crippen LogP contribution is -2.16. The van der Waals surface area contributed by atoms with Gasteiger partial charge in [-0.25, -0.2) is 4.98 Å². The molecule has 122 valence electrons. The van der Waals surface area contributed by atoms with E-state index in [2.05, 4.69) is 16.4 Å². The van der Waals surface area contributed by atoms with Crippen molar-refractivity contribution in [2.75, 3.05) is 32.7 Å². The Morgan fingerprint density at radius 1 is 1.26 bits per heavy atom. The highest BCUT2D eigenvalue weighted by Gasteiger charge is 2.34. The molecule has 2 aromatic rings. The third-order valence-electron chi connectivity index (χ3n) is 4.17. The second-order valence-corrected chi connectivity index (χ2v) is 5.40. The first kappa shape index (κ1) is 15.6. The van der Waals surface area contributed by atoms with Gasteiger partial charge in [0.15, 0.2) is 11.5 Å². The number of rotatable bonds is 6. The van der Waals surface area contributed by atoms with E-state index in [-0.39, 0.29) is 12.0 Å². The van der Waals surface area contributed by atoms with Crippen molar-refractivity contribution in [2.45, 2.75) is 18.9 Å². The fraction of sp³-hybridized carbons (Fsp3) is 0.389. The number of ether oxygens (including phenoxy) is 3. The number of para-hydroxylation sites is 1. The quantitative estimate of drug-likeness (QED) is 0.886. The Bertz CT molecular complexity index is 675. The van der Waals surface area contributed by atoms with Gasteiger partial charge in [0.2, 0.25) is 0 Å². The standard InChI is InChI=1S/C18H22N2O3/c1-4-23-17-13(7-5-9-15(17)21-2)16(22-3)14-11-20-18-12(14)8-6-10-19-18/h5-10,14,16H,4,11H2,1-3H3,(H,19,20). The average Bonchev–Trinajstić information content (AvgIpc) is 3.01. The smallest absolute Gasteiger partial charge is 0.166 e. The van der Waals surface area contributed by atoms with Gasteiger partial charge in [-0.05, 0) is 19.1 Å². The van der Waals surface area contributed by atoms with Gasteiger partial charge in [0, 0.05) is 36.9 Å². The number of hydrogen-bond acceptors (Lipinski definition) is 5. The molecule has 0 saturated heterocycles. The highest BCUT2D eigenvalue weighted by atomic mass is 16.5. The molecule has 1 aromatic carbocycles. The fourth-order valence-electron chi connectivity index (χ4n) is 3.18. The van der Waals surface area contributed by atoms with Crippen molar-refractivity contribution >= 4 is 5.82 Å². The summed E-state index contributed by atoms with van der Waals surface area (Å²) in [5.74, 6) is 2.58. The Hall–Kier alpha value is -2.27. The Morgan fingerprint density at radius 3 is 2.87 bits per heavy atom. The van der Waals surface area contributed by atoms with Crippen LogP contribution in [-0.2, 0) is 4.74 Å². The summed E-state index contributed by atoms with van der Waals surface area (Å²) in [6.45, 7) is 3.33. The van der Waals surface area contributed by atoms with Crippen LogP contribution in [0.25, 0.3) is 0 Å². The number of nitrogens with one attached hydrogen (secondary N) is 1. The van der Waals surface area contributed by atoms with E-state index in [1.807, 2.05) is 31.2 Å². The second-order valence-electron chi connectivity index (χ2n) is 5.40. The Morgan fingerprint density at radius 2 is 2.13 bits per heavy atom. The molecule has 0 spiro atoms. The van der Waals surface area contributed by atoms with Gasteiger partial charge in [0.1, 0.15) is 5.82 Å². The van der Waals surface area contributed by atoms with Crippen LogP contribution in [0.15, 0.2) is 36.5 Å². The van der Waals surface area contributed by atoms with Crippen molar-refractivity contribution in [1.82, 2.24) is 4.98 Å². The molecule has 23 heavy (non-hydrogen) atoms. The topological polar surface area (TPSA) is 52.6 Å². The fourth-order valence-corrected chi connectivity index (χ4v) is 3.18. The summed E-state index contributed by atoms with van der Waals surface area (Å²) >= 11 is 0. The molecule has 0 fully saturated rings. The molecule has 5 heteroatoms. The minimum absolute atomic E-state index is 0.135. The average molecular weight is 314 g/mol. The first-order valence-corrected chi connectivity index (χ1v) is 7.81. The van der Waals surface area contributed by atoms with Gasteiger partial charge in [0.25, 0.3) is 0 Å². The number of fused-ring (bicyclic) bond motifs is 1. The van der Waals surface area contributed by atoms with Gasteiger partial charge in [0.05, 0.1) is 19.8 Å². The normalized spacial score (nSPS) is 17.3. The molecule has 2 heterocycles. The number of anilines is 1. The molecule has 0 saturated carbocycles. The van der Waals surface area contributed by atoms with Gasteiger partial charge in [-0.2, -0.15) is 0 Å². The summed E-state index contributed by atoms with van der Waals surface area (Å²) in [5.41, 5.74) is 2.17. The van der Waals surface area contributed by atoms with Crippen molar-refractivity contribution in [3.05, 3.63) is 47.7 Å². The van der Waals surface area contributed by atoms with Crippen molar-refractivity contribution in [1.29, 1.82) is 0 Å². The molecule has 2 atom stereocenters. The summed E-state index contributed by atoms with van der Waals surface area (Å²) in [6.07, 6.45) is 1.66. The predicted molar refractivity (Wildman–Crippen MR) is 89.4 cm³/mol. The molecule has 1 aliphatic heterocycles. The van der Waals surface area contributed by atoms with Crippen molar-refractivity contribution in [3.63, 3.8) is 0 Å². The Kier molecular flexibility index (Phi) is 4.67. The maximum absolute atomic E-state index is 5.86. The zero-order valence-electron chi connectivity index (χ0n) is 13.7. The van der Waals surface area contributed by atoms with Crippen molar-refractivity contribution in [3.8, 4) is 11.5 Å². The number of benzene rings is 1. The molecule has 1 aliphatic rings. The Balaban J connectivity index is 2.02. The van der Waals surface area contributed by atoms with Crippen LogP contribution in [0.2, 0.25) is 0 Å². The highest BCUT2D eigenvalue weighted by Crippen LogP contribution is 2.45. The minimum atomic E-state index is -0.135. The highest BCUT2D eigenvalue weighted by molar-refractivity contribution is 5.55. The van der Waals surface area contributed by atoms with Gasteiger partial charge >= 0.3 is 0 Å². The maximum Gasteiger partial charge on any atom is 0.166 e. The predicted octanol–water partition coefficient (Wildman–Crippen LogP) is 3.39. The molecule has 0 radical (unpaired) electrons. The van der Waals surface area contributed by atoms with Crippen LogP contribution in [0.4, 0.5) is 5.82 Å². The van der Waals surface area contributed by atoms with E-state index < -0.39 is 0 Å². The van der Waals surface area contributed by atoms with Crippen LogP contribution < -0.4 is 14.8 Å². The van der Waals surface area contributed by atoms with E-state index in [1.165, 1.54) is 5.56 Å². The summed E-state index contributed by atoms with van der Waals surface area (Å²) in [4.78, 5) is 4.39. The number of aromatic nitrogens is 1. The molecule has 0 bridgehead atoms. The second kappa shape index (κ2) is 6.87. The number of nitrogens with zero attached hydrogens (tertiary/aromatic N) is 1. The number of hydrogen-bond donors (Lipinski definition) is 1. The zero-order chi connectivity index (χ0) is 16.2. The molecule has 3 rings (SSSR count). The summed E-state index contributed by atoms with van der Waals surface area (Å²) in [5, 5.41) is 3.35. The first-order chi connectivity index (χ1) is 11.3. The third kappa shape index (κ3) is 2.84. The molecule has 0 aliphatic carbocycles. The molecule has 1 aromatic heterocycles. The van der Waals surface area contributed by atoms with Gasteiger partial charge in [-0.1, -0.05) is 18.2 Å². The van der Waals surface area contributed by atoms with Gasteiger partial charge < -0.3 is 19.5 Å². The van der Waals surface area contributed by atoms with E-state index in [4.69, 9.17) is 14.2 Å². The van der Waals surface area contributed by atoms with Crippen LogP contribution in [0.1, 0.15) is 30.1 Å². The molecule has 5 nitrogen and oxygen atoms in total. The molecular weight excluding hydrogens is 292 g/mol. The van der Waals surface area contributed by atoms with Crippen LogP contribution in [-0.4, -0.2) is 32.4 Å². The lowest BCUT2D eigenvalue weighted by atomic mass is 9.90. The summed E-state index contributed by atoms with van der Waals surface area (Å²) in [7, 11) is 3.38. The number of pyridine rings is 1. The van der Waals surface area contributed by atoms with E-state index in [0.717, 1.165) is 29.4 Å². The van der Waals surface area contributed by atoms with Gasteiger partial charge in [-0.15, -0.1) is 0 Å². The van der Waals surface area contributed by atoms with Crippen LogP contribution >= 0.6 is 0 Å². The molecular formula is C18H22N2O3. The molecule has 0 amide bonds. The lowest BCUT2D eigenvalue weighted by Gasteiger charge is -2.25. The van der Waals surface area contributed by atoms with Crippen LogP contribution in [0.5, 0.6) is 11.5 Å². The Labute approximate surface area is 136 Å². The van der Waals surface area contributed by atoms with Crippen LogP contribution in [0, 0.1) is 0 Å². The van der Waals surface area contributed by atoms with E-state index in [0.29, 0.717) is 6.61 Å². The first-order valence-electron chi connectivity index (χ1n) is 7.81. The molecule has 2 unspecified atom stereocenters. The summed E-state index contributed by atoms with van der Waals surface area (Å²) < 4.78 is 17.2. The van der Waals surface area contributed by atoms with E-state index in [1.54, 1.807) is 20.4 Å². The molecule has 1 N–H and O–H groups in total. The lowest BCUT2D eigenvalue weighted by molar-refractivity contribution is 0.0805. The maximum atomic E-state index is 5.86. The van der Waals surface area contributed by atoms with E-state index >= 15 is 0 Å². The summed E-state index contributed by atoms with van der Waals surface area (Å²) in [6, 6.07) is 9.97. The van der Waals surface area contributed by atoms with Crippen molar-refractivity contribution < 1.29 is 14.2 Å². The monoisotopic (exact) mass is 314 g/mol. The SMILES string of the molecule is CCOc1c(OC)cccc1C(OC)C1CNc2ncccc21. The van der Waals surface area contributed by atoms with Crippen molar-refractivity contribution in [2.24, 2.45) is 0 Å².